The first kappa shape index (κ1) is 17.7. The molecule has 0 aliphatic heterocycles. The van der Waals surface area contributed by atoms with E-state index in [0.717, 1.165) is 0 Å². The molecule has 2 aromatic carbocycles. The first-order chi connectivity index (χ1) is 10.9. The van der Waals surface area contributed by atoms with Crippen LogP contribution in [0, 0.1) is 0 Å². The average molecular weight is 375 g/mol. The predicted octanol–water partition coefficient (Wildman–Crippen LogP) is 5.06. The summed E-state index contributed by atoms with van der Waals surface area (Å²) in [5, 5.41) is 4.05. The minimum Gasteiger partial charge on any atom is -0.495 e. The molecule has 0 saturated heterocycles. The number of benzene rings is 2. The molecule has 0 bridgehead atoms. The maximum Gasteiger partial charge on any atom is 0.265 e. The molecule has 0 unspecified atom stereocenters. The summed E-state index contributed by atoms with van der Waals surface area (Å²) in [5.41, 5.74) is 0.463. The van der Waals surface area contributed by atoms with Crippen molar-refractivity contribution in [1.82, 2.24) is 0 Å². The largest absolute Gasteiger partial charge is 0.495 e. The molecular formula is C16H14Cl3NO3. The van der Waals surface area contributed by atoms with Gasteiger partial charge in [0.05, 0.1) is 12.8 Å². The maximum absolute atomic E-state index is 12.3. The van der Waals surface area contributed by atoms with Crippen LogP contribution in [0.5, 0.6) is 11.5 Å². The zero-order valence-corrected chi connectivity index (χ0v) is 14.7. The van der Waals surface area contributed by atoms with Crippen molar-refractivity contribution >= 4 is 46.4 Å². The van der Waals surface area contributed by atoms with E-state index in [4.69, 9.17) is 44.3 Å². The zero-order chi connectivity index (χ0) is 17.0. The number of nitrogens with one attached hydrogen (secondary N) is 1. The van der Waals surface area contributed by atoms with Gasteiger partial charge < -0.3 is 14.8 Å². The monoisotopic (exact) mass is 373 g/mol. The third kappa shape index (κ3) is 4.93. The standard InChI is InChI=1S/C16H14Cl3NO3/c1-9(23-13-6-11(18)5-12(19)7-13)16(21)20-14-8-10(17)3-4-15(14)22-2/h3-9H,1-2H3,(H,20,21)/t9-/m1/s1. The SMILES string of the molecule is COc1ccc(Cl)cc1NC(=O)[C@@H](C)Oc1cc(Cl)cc(Cl)c1. The minimum absolute atomic E-state index is 0.360. The lowest BCUT2D eigenvalue weighted by Gasteiger charge is -2.16. The summed E-state index contributed by atoms with van der Waals surface area (Å²) in [4.78, 5) is 12.3. The number of hydrogen-bond donors (Lipinski definition) is 1. The third-order valence-corrected chi connectivity index (χ3v) is 3.61. The van der Waals surface area contributed by atoms with Gasteiger partial charge >= 0.3 is 0 Å². The second-order valence-corrected chi connectivity index (χ2v) is 6.01. The van der Waals surface area contributed by atoms with Gasteiger partial charge in [0.15, 0.2) is 6.10 Å². The van der Waals surface area contributed by atoms with Crippen LogP contribution in [0.4, 0.5) is 5.69 Å². The van der Waals surface area contributed by atoms with Crippen molar-refractivity contribution < 1.29 is 14.3 Å². The Morgan fingerprint density at radius 3 is 2.30 bits per heavy atom. The fraction of sp³-hybridized carbons (Fsp3) is 0.188. The van der Waals surface area contributed by atoms with Gasteiger partial charge in [0.1, 0.15) is 11.5 Å². The molecule has 0 radical (unpaired) electrons. The molecule has 0 heterocycles. The van der Waals surface area contributed by atoms with Gasteiger partial charge in [0, 0.05) is 15.1 Å². The molecule has 0 aromatic heterocycles. The van der Waals surface area contributed by atoms with Crippen LogP contribution in [-0.2, 0) is 4.79 Å². The molecule has 1 atom stereocenters. The molecule has 23 heavy (non-hydrogen) atoms. The Morgan fingerprint density at radius 2 is 1.70 bits per heavy atom. The van der Waals surface area contributed by atoms with Crippen LogP contribution in [0.2, 0.25) is 15.1 Å². The summed E-state index contributed by atoms with van der Waals surface area (Å²) in [6, 6.07) is 9.68. The molecule has 2 aromatic rings. The van der Waals surface area contributed by atoms with E-state index in [2.05, 4.69) is 5.32 Å². The number of carbonyl (C=O) groups is 1. The Balaban J connectivity index is 2.09. The number of hydrogen-bond acceptors (Lipinski definition) is 3. The normalized spacial score (nSPS) is 11.7. The smallest absolute Gasteiger partial charge is 0.265 e. The van der Waals surface area contributed by atoms with Crippen molar-refractivity contribution in [3.05, 3.63) is 51.5 Å². The van der Waals surface area contributed by atoms with Crippen LogP contribution < -0.4 is 14.8 Å². The lowest BCUT2D eigenvalue weighted by atomic mass is 10.2. The van der Waals surface area contributed by atoms with Gasteiger partial charge in [-0.3, -0.25) is 4.79 Å². The van der Waals surface area contributed by atoms with Gasteiger partial charge in [-0.1, -0.05) is 34.8 Å². The van der Waals surface area contributed by atoms with E-state index >= 15 is 0 Å². The van der Waals surface area contributed by atoms with Gasteiger partial charge in [-0.2, -0.15) is 0 Å². The highest BCUT2D eigenvalue weighted by Gasteiger charge is 2.17. The number of anilines is 1. The quantitative estimate of drug-likeness (QED) is 0.795. The van der Waals surface area contributed by atoms with Crippen LogP contribution in [0.1, 0.15) is 6.92 Å². The first-order valence-corrected chi connectivity index (χ1v) is 7.79. The summed E-state index contributed by atoms with van der Waals surface area (Å²) < 4.78 is 10.7. The molecule has 0 fully saturated rings. The van der Waals surface area contributed by atoms with E-state index in [1.54, 1.807) is 43.3 Å². The van der Waals surface area contributed by atoms with Crippen molar-refractivity contribution in [1.29, 1.82) is 0 Å². The molecule has 7 heteroatoms. The van der Waals surface area contributed by atoms with E-state index < -0.39 is 6.10 Å². The third-order valence-electron chi connectivity index (χ3n) is 2.94. The molecule has 1 amide bonds. The molecule has 0 saturated carbocycles. The number of methoxy groups -OCH3 is 1. The molecule has 0 spiro atoms. The van der Waals surface area contributed by atoms with E-state index in [-0.39, 0.29) is 5.91 Å². The highest BCUT2D eigenvalue weighted by atomic mass is 35.5. The lowest BCUT2D eigenvalue weighted by Crippen LogP contribution is -2.30. The Hall–Kier alpha value is -1.62. The Labute approximate surface area is 149 Å². The summed E-state index contributed by atoms with van der Waals surface area (Å²) in [6.07, 6.45) is -0.770. The lowest BCUT2D eigenvalue weighted by molar-refractivity contribution is -0.122. The topological polar surface area (TPSA) is 47.6 Å². The van der Waals surface area contributed by atoms with Crippen molar-refractivity contribution in [3.8, 4) is 11.5 Å². The molecular weight excluding hydrogens is 361 g/mol. The predicted molar refractivity (Wildman–Crippen MR) is 93.2 cm³/mol. The first-order valence-electron chi connectivity index (χ1n) is 6.66. The summed E-state index contributed by atoms with van der Waals surface area (Å²) in [7, 11) is 1.51. The number of amides is 1. The van der Waals surface area contributed by atoms with E-state index in [1.807, 2.05) is 0 Å². The number of carbonyl (C=O) groups excluding carboxylic acids is 1. The zero-order valence-electron chi connectivity index (χ0n) is 12.4. The van der Waals surface area contributed by atoms with Crippen LogP contribution in [-0.4, -0.2) is 19.1 Å². The van der Waals surface area contributed by atoms with Crippen LogP contribution in [0.15, 0.2) is 36.4 Å². The number of ether oxygens (including phenoxy) is 2. The van der Waals surface area contributed by atoms with Gasteiger partial charge in [0.2, 0.25) is 0 Å². The Kier molecular flexibility index (Phi) is 5.99. The van der Waals surface area contributed by atoms with E-state index in [0.29, 0.717) is 32.3 Å². The highest BCUT2D eigenvalue weighted by Crippen LogP contribution is 2.28. The molecule has 1 N–H and O–H groups in total. The van der Waals surface area contributed by atoms with Gasteiger partial charge in [-0.05, 0) is 43.3 Å². The summed E-state index contributed by atoms with van der Waals surface area (Å²) in [5.74, 6) is 0.547. The Bertz CT molecular complexity index is 701. The van der Waals surface area contributed by atoms with Crippen LogP contribution in [0.25, 0.3) is 0 Å². The van der Waals surface area contributed by atoms with Crippen molar-refractivity contribution in [3.63, 3.8) is 0 Å². The molecule has 0 aliphatic rings. The number of halogens is 3. The maximum atomic E-state index is 12.3. The minimum atomic E-state index is -0.770. The Morgan fingerprint density at radius 1 is 1.04 bits per heavy atom. The van der Waals surface area contributed by atoms with Crippen molar-refractivity contribution in [2.24, 2.45) is 0 Å². The van der Waals surface area contributed by atoms with Gasteiger partial charge in [-0.25, -0.2) is 0 Å². The van der Waals surface area contributed by atoms with E-state index in [1.165, 1.54) is 7.11 Å². The van der Waals surface area contributed by atoms with Crippen LogP contribution >= 0.6 is 34.8 Å². The van der Waals surface area contributed by atoms with Gasteiger partial charge in [0.25, 0.3) is 5.91 Å². The van der Waals surface area contributed by atoms with Crippen molar-refractivity contribution in [2.45, 2.75) is 13.0 Å². The van der Waals surface area contributed by atoms with Crippen molar-refractivity contribution in [2.75, 3.05) is 12.4 Å². The highest BCUT2D eigenvalue weighted by molar-refractivity contribution is 6.34. The fourth-order valence-corrected chi connectivity index (χ4v) is 2.54. The second-order valence-electron chi connectivity index (χ2n) is 4.70. The summed E-state index contributed by atoms with van der Waals surface area (Å²) in [6.45, 7) is 1.61. The molecule has 122 valence electrons. The second kappa shape index (κ2) is 7.77. The summed E-state index contributed by atoms with van der Waals surface area (Å²) >= 11 is 17.7. The molecule has 0 aliphatic carbocycles. The molecule has 2 rings (SSSR count). The van der Waals surface area contributed by atoms with E-state index in [9.17, 15) is 4.79 Å². The fourth-order valence-electron chi connectivity index (χ4n) is 1.87. The molecule has 4 nitrogen and oxygen atoms in total. The average Bonchev–Trinajstić information content (AvgIpc) is 2.46. The van der Waals surface area contributed by atoms with Gasteiger partial charge in [-0.15, -0.1) is 0 Å². The number of rotatable bonds is 5. The van der Waals surface area contributed by atoms with Crippen LogP contribution in [0.3, 0.4) is 0 Å².